The van der Waals surface area contributed by atoms with Crippen molar-refractivity contribution in [3.63, 3.8) is 0 Å². The first-order valence-electron chi connectivity index (χ1n) is 7.40. The summed E-state index contributed by atoms with van der Waals surface area (Å²) in [4.78, 5) is 31.7. The van der Waals surface area contributed by atoms with Gasteiger partial charge in [-0.3, -0.25) is 19.6 Å². The van der Waals surface area contributed by atoms with Gasteiger partial charge in [-0.15, -0.1) is 0 Å². The molecule has 7 nitrogen and oxygen atoms in total. The van der Waals surface area contributed by atoms with Crippen LogP contribution in [0.4, 0.5) is 5.69 Å². The summed E-state index contributed by atoms with van der Waals surface area (Å²) < 4.78 is 0. The smallest absolute Gasteiger partial charge is 0.248 e. The van der Waals surface area contributed by atoms with Crippen LogP contribution in [-0.2, 0) is 4.79 Å². The molecule has 0 aliphatic carbocycles. The van der Waals surface area contributed by atoms with Gasteiger partial charge in [0.2, 0.25) is 11.8 Å². The van der Waals surface area contributed by atoms with Gasteiger partial charge in [0.25, 0.3) is 0 Å². The van der Waals surface area contributed by atoms with Crippen LogP contribution in [0.1, 0.15) is 23.2 Å². The number of hydrogen-bond donors (Lipinski definition) is 3. The topological polar surface area (TPSA) is 110 Å². The molecule has 3 rings (SSSR count). The van der Waals surface area contributed by atoms with Gasteiger partial charge in [0, 0.05) is 11.8 Å². The molecule has 0 spiro atoms. The Bertz CT molecular complexity index is 724. The van der Waals surface area contributed by atoms with Crippen LogP contribution in [0, 0.1) is 0 Å². The first-order chi connectivity index (χ1) is 11.1. The van der Waals surface area contributed by atoms with Crippen LogP contribution in [0.25, 0.3) is 11.4 Å². The highest BCUT2D eigenvalue weighted by Gasteiger charge is 2.21. The van der Waals surface area contributed by atoms with E-state index in [9.17, 15) is 9.59 Å². The molecule has 3 heterocycles. The number of rotatable bonds is 4. The fourth-order valence-corrected chi connectivity index (χ4v) is 2.48. The van der Waals surface area contributed by atoms with E-state index in [4.69, 9.17) is 5.73 Å². The molecule has 0 bridgehead atoms. The van der Waals surface area contributed by atoms with Crippen molar-refractivity contribution < 1.29 is 9.59 Å². The molecule has 0 aromatic carbocycles. The Morgan fingerprint density at radius 3 is 2.74 bits per heavy atom. The summed E-state index contributed by atoms with van der Waals surface area (Å²) in [6.45, 7) is 0.872. The number of primary amides is 1. The largest absolute Gasteiger partial charge is 0.366 e. The molecular formula is C16H17N5O2. The van der Waals surface area contributed by atoms with E-state index in [1.807, 2.05) is 0 Å². The molecule has 1 aliphatic heterocycles. The van der Waals surface area contributed by atoms with Crippen molar-refractivity contribution in [3.05, 3.63) is 42.2 Å². The molecule has 0 saturated carbocycles. The third kappa shape index (κ3) is 3.51. The number of pyridine rings is 2. The molecule has 1 aliphatic rings. The van der Waals surface area contributed by atoms with Crippen LogP contribution in [0.15, 0.2) is 36.7 Å². The minimum absolute atomic E-state index is 0.0501. The van der Waals surface area contributed by atoms with Gasteiger partial charge in [-0.1, -0.05) is 0 Å². The van der Waals surface area contributed by atoms with Crippen molar-refractivity contribution >= 4 is 17.5 Å². The van der Waals surface area contributed by atoms with Crippen LogP contribution < -0.4 is 16.4 Å². The quantitative estimate of drug-likeness (QED) is 0.778. The third-order valence-electron chi connectivity index (χ3n) is 3.71. The third-order valence-corrected chi connectivity index (χ3v) is 3.71. The lowest BCUT2D eigenvalue weighted by atomic mass is 10.1. The Morgan fingerprint density at radius 1 is 1.22 bits per heavy atom. The molecule has 1 saturated heterocycles. The van der Waals surface area contributed by atoms with Crippen molar-refractivity contribution in [1.82, 2.24) is 15.3 Å². The maximum Gasteiger partial charge on any atom is 0.248 e. The molecular weight excluding hydrogens is 294 g/mol. The monoisotopic (exact) mass is 311 g/mol. The van der Waals surface area contributed by atoms with Crippen LogP contribution in [0.5, 0.6) is 0 Å². The number of nitrogens with two attached hydrogens (primary N) is 1. The zero-order valence-electron chi connectivity index (χ0n) is 12.5. The lowest BCUT2D eigenvalue weighted by Gasteiger charge is -2.11. The Hall–Kier alpha value is -2.80. The summed E-state index contributed by atoms with van der Waals surface area (Å²) in [5, 5.41) is 5.98. The van der Waals surface area contributed by atoms with Crippen LogP contribution in [0.2, 0.25) is 0 Å². The lowest BCUT2D eigenvalue weighted by Crippen LogP contribution is -2.35. The van der Waals surface area contributed by atoms with Crippen molar-refractivity contribution in [1.29, 1.82) is 0 Å². The number of anilines is 1. The zero-order chi connectivity index (χ0) is 16.2. The minimum Gasteiger partial charge on any atom is -0.366 e. The van der Waals surface area contributed by atoms with E-state index < -0.39 is 5.91 Å². The summed E-state index contributed by atoms with van der Waals surface area (Å²) in [5.41, 5.74) is 7.41. The number of aromatic nitrogens is 2. The zero-order valence-corrected chi connectivity index (χ0v) is 12.5. The SMILES string of the molecule is NC(=O)c1ccnc(-c2ccc(NC(=O)C3CCCN3)cn2)c1. The van der Waals surface area contributed by atoms with E-state index in [0.29, 0.717) is 22.6 Å². The van der Waals surface area contributed by atoms with E-state index >= 15 is 0 Å². The summed E-state index contributed by atoms with van der Waals surface area (Å²) in [6, 6.07) is 6.50. The number of hydrogen-bond acceptors (Lipinski definition) is 5. The fraction of sp³-hybridized carbons (Fsp3) is 0.250. The summed E-state index contributed by atoms with van der Waals surface area (Å²) in [5.74, 6) is -0.563. The van der Waals surface area contributed by atoms with Gasteiger partial charge in [-0.2, -0.15) is 0 Å². The molecule has 7 heteroatoms. The van der Waals surface area contributed by atoms with Crippen molar-refractivity contribution in [2.45, 2.75) is 18.9 Å². The van der Waals surface area contributed by atoms with E-state index in [-0.39, 0.29) is 11.9 Å². The van der Waals surface area contributed by atoms with Gasteiger partial charge < -0.3 is 16.4 Å². The Morgan fingerprint density at radius 2 is 2.09 bits per heavy atom. The number of carbonyl (C=O) groups is 2. The number of carbonyl (C=O) groups excluding carboxylic acids is 2. The maximum atomic E-state index is 12.0. The maximum absolute atomic E-state index is 12.0. The second-order valence-electron chi connectivity index (χ2n) is 5.36. The van der Waals surface area contributed by atoms with Gasteiger partial charge in [0.05, 0.1) is 29.3 Å². The first kappa shape index (κ1) is 15.1. The highest BCUT2D eigenvalue weighted by atomic mass is 16.2. The minimum atomic E-state index is -0.512. The predicted octanol–water partition coefficient (Wildman–Crippen LogP) is 0.933. The van der Waals surface area contributed by atoms with Crippen LogP contribution >= 0.6 is 0 Å². The lowest BCUT2D eigenvalue weighted by molar-refractivity contribution is -0.117. The molecule has 4 N–H and O–H groups in total. The molecule has 2 amide bonds. The highest BCUT2D eigenvalue weighted by molar-refractivity contribution is 5.95. The second kappa shape index (κ2) is 6.53. The number of nitrogens with zero attached hydrogens (tertiary/aromatic N) is 2. The van der Waals surface area contributed by atoms with Gasteiger partial charge in [0.1, 0.15) is 0 Å². The molecule has 2 aromatic heterocycles. The van der Waals surface area contributed by atoms with E-state index in [2.05, 4.69) is 20.6 Å². The van der Waals surface area contributed by atoms with Gasteiger partial charge in [0.15, 0.2) is 0 Å². The summed E-state index contributed by atoms with van der Waals surface area (Å²) >= 11 is 0. The van der Waals surface area contributed by atoms with Crippen molar-refractivity contribution in [3.8, 4) is 11.4 Å². The molecule has 118 valence electrons. The van der Waals surface area contributed by atoms with Crippen molar-refractivity contribution in [2.75, 3.05) is 11.9 Å². The highest BCUT2D eigenvalue weighted by Crippen LogP contribution is 2.18. The molecule has 2 aromatic rings. The van der Waals surface area contributed by atoms with Gasteiger partial charge in [-0.25, -0.2) is 0 Å². The van der Waals surface area contributed by atoms with E-state index in [1.54, 1.807) is 30.5 Å². The molecule has 23 heavy (non-hydrogen) atoms. The van der Waals surface area contributed by atoms with E-state index in [1.165, 1.54) is 6.20 Å². The fourth-order valence-electron chi connectivity index (χ4n) is 2.48. The standard InChI is InChI=1S/C16H17N5O2/c17-15(22)10-5-7-19-14(8-10)12-4-3-11(9-20-12)21-16(23)13-2-1-6-18-13/h3-5,7-9,13,18H,1-2,6H2,(H2,17,22)(H,21,23). The normalized spacial score (nSPS) is 17.0. The van der Waals surface area contributed by atoms with Crippen LogP contribution in [0.3, 0.4) is 0 Å². The van der Waals surface area contributed by atoms with Crippen LogP contribution in [-0.4, -0.2) is 34.4 Å². The average molecular weight is 311 g/mol. The number of amides is 2. The predicted molar refractivity (Wildman–Crippen MR) is 85.6 cm³/mol. The molecule has 0 radical (unpaired) electrons. The van der Waals surface area contributed by atoms with E-state index in [0.717, 1.165) is 19.4 Å². The average Bonchev–Trinajstić information content (AvgIpc) is 3.10. The summed E-state index contributed by atoms with van der Waals surface area (Å²) in [7, 11) is 0. The van der Waals surface area contributed by atoms with Crippen molar-refractivity contribution in [2.24, 2.45) is 5.73 Å². The number of nitrogens with one attached hydrogen (secondary N) is 2. The van der Waals surface area contributed by atoms with Gasteiger partial charge >= 0.3 is 0 Å². The Labute approximate surface area is 133 Å². The molecule has 1 atom stereocenters. The molecule has 1 fully saturated rings. The summed E-state index contributed by atoms with van der Waals surface area (Å²) in [6.07, 6.45) is 4.94. The Kier molecular flexibility index (Phi) is 4.29. The second-order valence-corrected chi connectivity index (χ2v) is 5.36. The van der Waals surface area contributed by atoms with Gasteiger partial charge in [-0.05, 0) is 43.7 Å². The molecule has 1 unspecified atom stereocenters. The first-order valence-corrected chi connectivity index (χ1v) is 7.40. The Balaban J connectivity index is 1.73.